The predicted octanol–water partition coefficient (Wildman–Crippen LogP) is 1.89. The van der Waals surface area contributed by atoms with Crippen LogP contribution in [0.25, 0.3) is 22.6 Å². The number of ether oxygens (including phenoxy) is 2. The van der Waals surface area contributed by atoms with Crippen LogP contribution in [0.15, 0.2) is 36.5 Å². The lowest BCUT2D eigenvalue weighted by Crippen LogP contribution is -2.50. The number of carboxylic acids is 1. The van der Waals surface area contributed by atoms with Crippen molar-refractivity contribution in [3.8, 4) is 22.6 Å². The number of aromatic amines is 1. The van der Waals surface area contributed by atoms with Crippen LogP contribution in [0, 0.1) is 5.82 Å². The van der Waals surface area contributed by atoms with Crippen LogP contribution >= 0.6 is 0 Å². The van der Waals surface area contributed by atoms with Crippen molar-refractivity contribution < 1.29 is 28.6 Å². The largest absolute Gasteiger partial charge is 0.480 e. The number of imidazole rings is 1. The molecule has 1 aliphatic heterocycles. The molecular formula is C22H23FN6O5. The molecule has 0 atom stereocenters. The van der Waals surface area contributed by atoms with E-state index in [1.807, 2.05) is 0 Å². The number of nitrogens with one attached hydrogen (secondary N) is 3. The third kappa shape index (κ3) is 5.18. The Hall–Kier alpha value is -3.90. The van der Waals surface area contributed by atoms with Crippen molar-refractivity contribution in [2.24, 2.45) is 0 Å². The van der Waals surface area contributed by atoms with Gasteiger partial charge in [0.1, 0.15) is 12.4 Å². The molecule has 1 aromatic carbocycles. The van der Waals surface area contributed by atoms with Crippen LogP contribution in [-0.4, -0.2) is 62.7 Å². The number of anilines is 1. The van der Waals surface area contributed by atoms with Crippen molar-refractivity contribution in [1.29, 1.82) is 0 Å². The fourth-order valence-corrected chi connectivity index (χ4v) is 3.44. The van der Waals surface area contributed by atoms with Gasteiger partial charge in [-0.05, 0) is 37.3 Å². The number of benzene rings is 1. The van der Waals surface area contributed by atoms with Crippen LogP contribution in [0.1, 0.15) is 19.7 Å². The summed E-state index contributed by atoms with van der Waals surface area (Å²) in [4.78, 5) is 38.5. The highest BCUT2D eigenvalue weighted by Gasteiger charge is 2.39. The first kappa shape index (κ1) is 23.3. The second kappa shape index (κ2) is 9.53. The van der Waals surface area contributed by atoms with Gasteiger partial charge in [0.05, 0.1) is 36.3 Å². The Morgan fingerprint density at radius 3 is 2.56 bits per heavy atom. The molecule has 4 rings (SSSR count). The topological polar surface area (TPSA) is 151 Å². The molecule has 34 heavy (non-hydrogen) atoms. The molecule has 0 aliphatic carbocycles. The van der Waals surface area contributed by atoms with Crippen LogP contribution < -0.4 is 10.6 Å². The Morgan fingerprint density at radius 1 is 1.21 bits per heavy atom. The van der Waals surface area contributed by atoms with E-state index in [1.165, 1.54) is 25.3 Å². The van der Waals surface area contributed by atoms with Gasteiger partial charge in [-0.1, -0.05) is 0 Å². The molecule has 0 unspecified atom stereocenters. The minimum Gasteiger partial charge on any atom is -0.480 e. The minimum atomic E-state index is -1.24. The lowest BCUT2D eigenvalue weighted by molar-refractivity contribution is -0.276. The maximum atomic E-state index is 13.5. The fraction of sp³-hybridized carbons (Fsp3) is 0.318. The summed E-state index contributed by atoms with van der Waals surface area (Å²) < 4.78 is 25.4. The second-order valence-electron chi connectivity index (χ2n) is 7.79. The molecule has 11 nitrogen and oxygen atoms in total. The van der Waals surface area contributed by atoms with Gasteiger partial charge in [0, 0.05) is 18.7 Å². The van der Waals surface area contributed by atoms with E-state index >= 15 is 0 Å². The van der Waals surface area contributed by atoms with Crippen molar-refractivity contribution in [2.45, 2.75) is 25.7 Å². The van der Waals surface area contributed by atoms with Gasteiger partial charge in [-0.3, -0.25) is 9.59 Å². The number of hydrogen-bond acceptors (Lipinski definition) is 8. The molecule has 1 fully saturated rings. The number of aromatic nitrogens is 4. The highest BCUT2D eigenvalue weighted by molar-refractivity contribution is 5.77. The number of halogens is 1. The summed E-state index contributed by atoms with van der Waals surface area (Å²) in [5.74, 6) is -2.40. The molecule has 0 spiro atoms. The molecular weight excluding hydrogens is 447 g/mol. The van der Waals surface area contributed by atoms with Gasteiger partial charge in [0.25, 0.3) is 0 Å². The van der Waals surface area contributed by atoms with E-state index in [0.29, 0.717) is 28.5 Å². The summed E-state index contributed by atoms with van der Waals surface area (Å²) >= 11 is 0. The summed E-state index contributed by atoms with van der Waals surface area (Å²) in [6.45, 7) is 3.21. The Kier molecular flexibility index (Phi) is 6.52. The van der Waals surface area contributed by atoms with Gasteiger partial charge >= 0.3 is 5.97 Å². The Morgan fingerprint density at radius 2 is 1.91 bits per heavy atom. The number of carbonyl (C=O) groups is 2. The summed E-state index contributed by atoms with van der Waals surface area (Å²) in [6.07, 6.45) is 1.48. The monoisotopic (exact) mass is 470 g/mol. The Bertz CT molecular complexity index is 1190. The first-order valence-corrected chi connectivity index (χ1v) is 10.4. The smallest absolute Gasteiger partial charge is 0.322 e. The number of carboxylic acid groups (broad SMARTS) is 1. The number of carbonyl (C=O) groups excluding carboxylic acids is 1. The maximum absolute atomic E-state index is 13.5. The van der Waals surface area contributed by atoms with Crippen molar-refractivity contribution in [3.05, 3.63) is 48.2 Å². The number of nitrogens with zero attached hydrogens (tertiary/aromatic N) is 3. The average Bonchev–Trinajstić information content (AvgIpc) is 3.26. The molecule has 0 radical (unpaired) electrons. The summed E-state index contributed by atoms with van der Waals surface area (Å²) in [5, 5.41) is 14.3. The van der Waals surface area contributed by atoms with E-state index in [1.54, 1.807) is 25.1 Å². The second-order valence-corrected chi connectivity index (χ2v) is 7.79. The van der Waals surface area contributed by atoms with Gasteiger partial charge in [-0.2, -0.15) is 0 Å². The SMILES string of the molecule is CC(=O)NC1COC(C)(c2nc(-c3ccc(F)cc3)c(-c3ccnc(NCC(=O)O)n3)[nH]2)OC1. The normalized spacial score (nSPS) is 20.0. The number of H-pyrrole nitrogens is 1. The predicted molar refractivity (Wildman–Crippen MR) is 118 cm³/mol. The van der Waals surface area contributed by atoms with Crippen LogP contribution in [0.2, 0.25) is 0 Å². The number of aliphatic carboxylic acids is 1. The maximum Gasteiger partial charge on any atom is 0.322 e. The quantitative estimate of drug-likeness (QED) is 0.406. The lowest BCUT2D eigenvalue weighted by atomic mass is 10.1. The Labute approximate surface area is 193 Å². The van der Waals surface area contributed by atoms with Crippen LogP contribution in [0.3, 0.4) is 0 Å². The van der Waals surface area contributed by atoms with Crippen LogP contribution in [0.4, 0.5) is 10.3 Å². The van der Waals surface area contributed by atoms with Gasteiger partial charge in [0.15, 0.2) is 5.82 Å². The lowest BCUT2D eigenvalue weighted by Gasteiger charge is -2.36. The van der Waals surface area contributed by atoms with E-state index in [0.717, 1.165) is 0 Å². The number of rotatable bonds is 7. The van der Waals surface area contributed by atoms with E-state index in [9.17, 15) is 14.0 Å². The van der Waals surface area contributed by atoms with E-state index in [-0.39, 0.29) is 37.7 Å². The Balaban J connectivity index is 1.70. The van der Waals surface area contributed by atoms with Gasteiger partial charge in [-0.25, -0.2) is 19.3 Å². The highest BCUT2D eigenvalue weighted by atomic mass is 19.1. The molecule has 178 valence electrons. The molecule has 3 heterocycles. The molecule has 1 aliphatic rings. The van der Waals surface area contributed by atoms with Crippen LogP contribution in [-0.2, 0) is 24.8 Å². The standard InChI is InChI=1S/C22H23FN6O5/c1-12(30)26-15-10-33-22(2,34-11-15)20-28-18(13-3-5-14(23)6-4-13)19(29-20)16-7-8-24-21(27-16)25-9-17(31)32/h3-8,15H,9-11H2,1-2H3,(H,26,30)(H,28,29)(H,31,32)(H,24,25,27). The zero-order chi connectivity index (χ0) is 24.3. The van der Waals surface area contributed by atoms with Crippen molar-refractivity contribution in [3.63, 3.8) is 0 Å². The zero-order valence-corrected chi connectivity index (χ0v) is 18.5. The molecule has 1 saturated heterocycles. The van der Waals surface area contributed by atoms with Gasteiger partial charge < -0.3 is 30.2 Å². The summed E-state index contributed by atoms with van der Waals surface area (Å²) in [6, 6.07) is 7.15. The molecule has 1 amide bonds. The number of amides is 1. The van der Waals surface area contributed by atoms with Gasteiger partial charge in [0.2, 0.25) is 17.6 Å². The first-order valence-electron chi connectivity index (χ1n) is 10.4. The average molecular weight is 470 g/mol. The third-order valence-corrected chi connectivity index (χ3v) is 5.09. The van der Waals surface area contributed by atoms with E-state index < -0.39 is 17.6 Å². The zero-order valence-electron chi connectivity index (χ0n) is 18.5. The molecule has 12 heteroatoms. The fourth-order valence-electron chi connectivity index (χ4n) is 3.44. The van der Waals surface area contributed by atoms with Crippen molar-refractivity contribution in [1.82, 2.24) is 25.3 Å². The summed E-state index contributed by atoms with van der Waals surface area (Å²) in [5.41, 5.74) is 2.00. The molecule has 3 aromatic rings. The van der Waals surface area contributed by atoms with Crippen molar-refractivity contribution >= 4 is 17.8 Å². The van der Waals surface area contributed by atoms with E-state index in [2.05, 4.69) is 30.6 Å². The highest BCUT2D eigenvalue weighted by Crippen LogP contribution is 2.35. The van der Waals surface area contributed by atoms with Crippen molar-refractivity contribution in [2.75, 3.05) is 25.1 Å². The molecule has 2 aromatic heterocycles. The van der Waals surface area contributed by atoms with Crippen LogP contribution in [0.5, 0.6) is 0 Å². The molecule has 0 bridgehead atoms. The number of hydrogen-bond donors (Lipinski definition) is 4. The van der Waals surface area contributed by atoms with Gasteiger partial charge in [-0.15, -0.1) is 0 Å². The first-order chi connectivity index (χ1) is 16.2. The molecule has 0 saturated carbocycles. The summed E-state index contributed by atoms with van der Waals surface area (Å²) in [7, 11) is 0. The van der Waals surface area contributed by atoms with E-state index in [4.69, 9.17) is 14.6 Å². The molecule has 4 N–H and O–H groups in total. The minimum absolute atomic E-state index is 0.121. The third-order valence-electron chi connectivity index (χ3n) is 5.09.